The number of nitrogens with zero attached hydrogens (tertiary/aromatic N) is 3. The number of fused-ring (bicyclic) bond motifs is 1. The molecule has 7 nitrogen and oxygen atoms in total. The second kappa shape index (κ2) is 9.61. The number of carbonyl (C=O) groups excluding carboxylic acids is 1. The number of nitrogens with one attached hydrogen (secondary N) is 2. The van der Waals surface area contributed by atoms with Crippen LogP contribution in [0.2, 0.25) is 0 Å². The zero-order valence-electron chi connectivity index (χ0n) is 18.4. The van der Waals surface area contributed by atoms with Gasteiger partial charge in [-0.1, -0.05) is 30.3 Å². The summed E-state index contributed by atoms with van der Waals surface area (Å²) in [5, 5.41) is 10.9. The molecule has 1 fully saturated rings. The van der Waals surface area contributed by atoms with Crippen LogP contribution in [-0.4, -0.2) is 40.3 Å². The second-order valence-electron chi connectivity index (χ2n) is 8.76. The van der Waals surface area contributed by atoms with E-state index in [0.29, 0.717) is 6.54 Å². The third kappa shape index (κ3) is 4.58. The molecule has 5 rings (SSSR count). The number of urea groups is 1. The molecule has 7 heteroatoms. The van der Waals surface area contributed by atoms with Gasteiger partial charge in [0.2, 0.25) is 0 Å². The molecule has 2 atom stereocenters. The molecule has 1 aliphatic heterocycles. The van der Waals surface area contributed by atoms with Gasteiger partial charge in [0.1, 0.15) is 5.76 Å². The van der Waals surface area contributed by atoms with Crippen molar-refractivity contribution in [2.75, 3.05) is 19.6 Å². The molecule has 1 saturated heterocycles. The summed E-state index contributed by atoms with van der Waals surface area (Å²) < 4.78 is 7.74. The number of hydrogen-bond acceptors (Lipinski definition) is 4. The van der Waals surface area contributed by atoms with Crippen LogP contribution >= 0.6 is 0 Å². The normalized spacial score (nSPS) is 19.4. The smallest absolute Gasteiger partial charge is 0.315 e. The van der Waals surface area contributed by atoms with Crippen LogP contribution in [0.15, 0.2) is 59.3 Å². The van der Waals surface area contributed by atoms with Crippen LogP contribution in [0.5, 0.6) is 0 Å². The fourth-order valence-corrected chi connectivity index (χ4v) is 5.00. The zero-order valence-corrected chi connectivity index (χ0v) is 18.4. The van der Waals surface area contributed by atoms with Gasteiger partial charge in [-0.05, 0) is 62.9 Å². The molecule has 32 heavy (non-hydrogen) atoms. The molecule has 0 saturated carbocycles. The van der Waals surface area contributed by atoms with Crippen molar-refractivity contribution < 1.29 is 9.21 Å². The molecule has 0 bridgehead atoms. The highest BCUT2D eigenvalue weighted by Gasteiger charge is 2.28. The first kappa shape index (κ1) is 20.8. The summed E-state index contributed by atoms with van der Waals surface area (Å²) in [4.78, 5) is 15.2. The van der Waals surface area contributed by atoms with E-state index < -0.39 is 0 Å². The van der Waals surface area contributed by atoms with E-state index in [1.54, 1.807) is 6.26 Å². The predicted octanol–water partition coefficient (Wildman–Crippen LogP) is 4.04. The van der Waals surface area contributed by atoms with Gasteiger partial charge in [-0.3, -0.25) is 9.58 Å². The fourth-order valence-electron chi connectivity index (χ4n) is 5.00. The Morgan fingerprint density at radius 1 is 1.12 bits per heavy atom. The zero-order chi connectivity index (χ0) is 21.8. The Labute approximate surface area is 188 Å². The minimum Gasteiger partial charge on any atom is -0.468 e. The lowest BCUT2D eigenvalue weighted by molar-refractivity contribution is 0.201. The van der Waals surface area contributed by atoms with Crippen molar-refractivity contribution in [1.82, 2.24) is 25.3 Å². The Bertz CT molecular complexity index is 1010. The van der Waals surface area contributed by atoms with Crippen molar-refractivity contribution in [3.05, 3.63) is 77.5 Å². The molecule has 0 spiro atoms. The largest absolute Gasteiger partial charge is 0.468 e. The van der Waals surface area contributed by atoms with E-state index in [1.807, 2.05) is 24.4 Å². The molecule has 2 N–H and O–H groups in total. The van der Waals surface area contributed by atoms with Crippen molar-refractivity contribution in [1.29, 1.82) is 0 Å². The van der Waals surface area contributed by atoms with E-state index in [1.165, 1.54) is 24.1 Å². The van der Waals surface area contributed by atoms with Gasteiger partial charge >= 0.3 is 6.03 Å². The molecular formula is C25H31N5O2. The molecule has 2 unspecified atom stereocenters. The molecule has 2 amide bonds. The summed E-state index contributed by atoms with van der Waals surface area (Å²) in [5.74, 6) is 0.911. The van der Waals surface area contributed by atoms with Crippen LogP contribution in [-0.2, 0) is 13.0 Å². The van der Waals surface area contributed by atoms with E-state index in [9.17, 15) is 4.79 Å². The maximum atomic E-state index is 12.8. The van der Waals surface area contributed by atoms with Crippen LogP contribution in [0.1, 0.15) is 60.3 Å². The highest BCUT2D eigenvalue weighted by atomic mass is 16.3. The number of rotatable bonds is 7. The number of likely N-dealkylation sites (tertiary alicyclic amines) is 1. The molecule has 2 aromatic heterocycles. The predicted molar refractivity (Wildman–Crippen MR) is 122 cm³/mol. The van der Waals surface area contributed by atoms with Crippen LogP contribution in [0.25, 0.3) is 0 Å². The highest BCUT2D eigenvalue weighted by molar-refractivity contribution is 5.74. The first-order valence-electron chi connectivity index (χ1n) is 11.7. The van der Waals surface area contributed by atoms with Gasteiger partial charge in [-0.2, -0.15) is 5.10 Å². The summed E-state index contributed by atoms with van der Waals surface area (Å²) in [6.45, 7) is 3.38. The molecule has 2 aliphatic rings. The van der Waals surface area contributed by atoms with Gasteiger partial charge in [0.25, 0.3) is 0 Å². The summed E-state index contributed by atoms with van der Waals surface area (Å²) in [5.41, 5.74) is 3.61. The summed E-state index contributed by atoms with van der Waals surface area (Å²) in [6, 6.07) is 14.2. The number of amides is 2. The van der Waals surface area contributed by atoms with Crippen molar-refractivity contribution in [2.45, 2.75) is 50.7 Å². The average Bonchev–Trinajstić information content (AvgIpc) is 3.58. The maximum absolute atomic E-state index is 12.8. The lowest BCUT2D eigenvalue weighted by Crippen LogP contribution is -2.43. The van der Waals surface area contributed by atoms with E-state index in [-0.39, 0.29) is 18.1 Å². The molecule has 0 radical (unpaired) electrons. The second-order valence-corrected chi connectivity index (χ2v) is 8.76. The minimum atomic E-state index is -0.130. The first-order chi connectivity index (χ1) is 15.8. The summed E-state index contributed by atoms with van der Waals surface area (Å²) in [6.07, 6.45) is 9.00. The number of carbonyl (C=O) groups is 1. The topological polar surface area (TPSA) is 75.3 Å². The Morgan fingerprint density at radius 3 is 2.75 bits per heavy atom. The average molecular weight is 434 g/mol. The van der Waals surface area contributed by atoms with Crippen molar-refractivity contribution in [3.8, 4) is 0 Å². The SMILES string of the molecule is O=C(NCC(c1ccco1)N1CCCC1)NC1CCCc2c1cnn2Cc1ccccc1. The molecule has 1 aromatic carbocycles. The maximum Gasteiger partial charge on any atom is 0.315 e. The molecule has 1 aliphatic carbocycles. The Balaban J connectivity index is 1.22. The van der Waals surface area contributed by atoms with Gasteiger partial charge in [-0.25, -0.2) is 4.79 Å². The van der Waals surface area contributed by atoms with E-state index in [2.05, 4.69) is 49.6 Å². The quantitative estimate of drug-likeness (QED) is 0.590. The van der Waals surface area contributed by atoms with Crippen molar-refractivity contribution in [2.24, 2.45) is 0 Å². The number of benzene rings is 1. The standard InChI is InChI=1S/C25H31N5O2/c31-25(26-17-23(24-12-7-15-32-24)29-13-4-5-14-29)28-21-10-6-11-22-20(21)16-27-30(22)18-19-8-2-1-3-9-19/h1-3,7-9,12,15-16,21,23H,4-6,10-11,13-14,17-18H2,(H2,26,28,31). The van der Waals surface area contributed by atoms with Crippen molar-refractivity contribution >= 4 is 6.03 Å². The lowest BCUT2D eigenvalue weighted by atomic mass is 9.93. The summed E-state index contributed by atoms with van der Waals surface area (Å²) in [7, 11) is 0. The number of aromatic nitrogens is 2. The van der Waals surface area contributed by atoms with Crippen LogP contribution in [0.3, 0.4) is 0 Å². The van der Waals surface area contributed by atoms with Crippen molar-refractivity contribution in [3.63, 3.8) is 0 Å². The highest BCUT2D eigenvalue weighted by Crippen LogP contribution is 2.30. The van der Waals surface area contributed by atoms with Gasteiger partial charge in [-0.15, -0.1) is 0 Å². The van der Waals surface area contributed by atoms with Crippen LogP contribution in [0, 0.1) is 0 Å². The fraction of sp³-hybridized carbons (Fsp3) is 0.440. The molecular weight excluding hydrogens is 402 g/mol. The monoisotopic (exact) mass is 433 g/mol. The molecule has 168 valence electrons. The number of furan rings is 1. The Hall–Kier alpha value is -3.06. The van der Waals surface area contributed by atoms with E-state index >= 15 is 0 Å². The molecule has 3 aromatic rings. The van der Waals surface area contributed by atoms with Gasteiger partial charge < -0.3 is 15.1 Å². The van der Waals surface area contributed by atoms with Crippen LogP contribution in [0.4, 0.5) is 4.79 Å². The third-order valence-corrected chi connectivity index (χ3v) is 6.65. The van der Waals surface area contributed by atoms with E-state index in [0.717, 1.165) is 50.2 Å². The van der Waals surface area contributed by atoms with Gasteiger partial charge in [0.15, 0.2) is 0 Å². The summed E-state index contributed by atoms with van der Waals surface area (Å²) >= 11 is 0. The van der Waals surface area contributed by atoms with Gasteiger partial charge in [0, 0.05) is 17.8 Å². The van der Waals surface area contributed by atoms with Gasteiger partial charge in [0.05, 0.1) is 31.1 Å². The lowest BCUT2D eigenvalue weighted by Gasteiger charge is -2.27. The third-order valence-electron chi connectivity index (χ3n) is 6.65. The number of hydrogen-bond donors (Lipinski definition) is 2. The van der Waals surface area contributed by atoms with E-state index in [4.69, 9.17) is 4.42 Å². The minimum absolute atomic E-state index is 0.00266. The Morgan fingerprint density at radius 2 is 1.97 bits per heavy atom. The Kier molecular flexibility index (Phi) is 6.25. The van der Waals surface area contributed by atoms with Crippen LogP contribution < -0.4 is 10.6 Å². The first-order valence-corrected chi connectivity index (χ1v) is 11.7. The molecule has 3 heterocycles.